The molecule has 8 nitrogen and oxygen atoms in total. The van der Waals surface area contributed by atoms with Gasteiger partial charge in [0.15, 0.2) is 5.13 Å². The molecule has 2 fully saturated rings. The number of rotatable bonds is 8. The first-order chi connectivity index (χ1) is 18.0. The number of aliphatic hydroxyl groups is 1. The fourth-order valence-electron chi connectivity index (χ4n) is 4.88. The van der Waals surface area contributed by atoms with Gasteiger partial charge < -0.3 is 14.7 Å². The summed E-state index contributed by atoms with van der Waals surface area (Å²) in [5.41, 5.74) is 1.13. The standard InChI is InChI=1S/C25H29Cl2N5O3S2/c26-17-13-20(36-15-17)21-24(32-8-6-31(7-9-32)18-4-2-1-3-5-18)37-25(29-21)30-22(34)16-12-19(27)23(28-14-16)35-11-10-33/h12-15,18,33H,1-11H2,(H,29,30,34). The molecule has 0 aromatic carbocycles. The molecular formula is C25H29Cl2N5O3S2. The maximum absolute atomic E-state index is 13.0. The fourth-order valence-corrected chi connectivity index (χ4v) is 7.26. The average Bonchev–Trinajstić information content (AvgIpc) is 3.54. The van der Waals surface area contributed by atoms with Crippen LogP contribution in [-0.4, -0.2) is 71.3 Å². The van der Waals surface area contributed by atoms with E-state index in [1.807, 2.05) is 11.4 Å². The number of hydrogen-bond acceptors (Lipinski definition) is 9. The van der Waals surface area contributed by atoms with E-state index >= 15 is 0 Å². The Balaban J connectivity index is 1.32. The topological polar surface area (TPSA) is 90.8 Å². The lowest BCUT2D eigenvalue weighted by atomic mass is 9.94. The van der Waals surface area contributed by atoms with Gasteiger partial charge in [0.25, 0.3) is 5.91 Å². The van der Waals surface area contributed by atoms with Crippen LogP contribution in [0.15, 0.2) is 23.7 Å². The molecule has 1 amide bonds. The van der Waals surface area contributed by atoms with Crippen LogP contribution >= 0.6 is 45.9 Å². The normalized spacial score (nSPS) is 17.2. The molecule has 1 saturated carbocycles. The number of nitrogens with one attached hydrogen (secondary N) is 1. The molecule has 1 aliphatic carbocycles. The summed E-state index contributed by atoms with van der Waals surface area (Å²) in [6.07, 6.45) is 8.05. The van der Waals surface area contributed by atoms with Crippen molar-refractivity contribution in [3.63, 3.8) is 0 Å². The van der Waals surface area contributed by atoms with Gasteiger partial charge in [0.1, 0.15) is 22.3 Å². The van der Waals surface area contributed by atoms with Gasteiger partial charge in [-0.05, 0) is 25.0 Å². The second kappa shape index (κ2) is 12.3. The number of thiazole rings is 1. The van der Waals surface area contributed by atoms with E-state index in [1.54, 1.807) is 11.3 Å². The third kappa shape index (κ3) is 6.38. The fraction of sp³-hybridized carbons (Fsp3) is 0.480. The summed E-state index contributed by atoms with van der Waals surface area (Å²) < 4.78 is 5.27. The minimum atomic E-state index is -0.360. The highest BCUT2D eigenvalue weighted by atomic mass is 35.5. The van der Waals surface area contributed by atoms with Gasteiger partial charge >= 0.3 is 0 Å². The van der Waals surface area contributed by atoms with E-state index in [1.165, 1.54) is 55.7 Å². The molecule has 0 unspecified atom stereocenters. The lowest BCUT2D eigenvalue weighted by Crippen LogP contribution is -2.50. The molecule has 0 atom stereocenters. The first-order valence-corrected chi connectivity index (χ1v) is 14.9. The maximum atomic E-state index is 13.0. The molecule has 1 aliphatic heterocycles. The van der Waals surface area contributed by atoms with Crippen LogP contribution in [0, 0.1) is 0 Å². The first-order valence-electron chi connectivity index (χ1n) is 12.5. The quantitative estimate of drug-likeness (QED) is 0.355. The zero-order valence-corrected chi connectivity index (χ0v) is 23.4. The number of thiophene rings is 1. The van der Waals surface area contributed by atoms with Gasteiger partial charge in [0.05, 0.1) is 22.1 Å². The highest BCUT2D eigenvalue weighted by Gasteiger charge is 2.28. The molecule has 0 bridgehead atoms. The number of halogens is 2. The Labute approximate surface area is 234 Å². The monoisotopic (exact) mass is 581 g/mol. The minimum Gasteiger partial charge on any atom is -0.474 e. The number of aliphatic hydroxyl groups excluding tert-OH is 1. The molecule has 1 saturated heterocycles. The maximum Gasteiger partial charge on any atom is 0.259 e. The predicted molar refractivity (Wildman–Crippen MR) is 151 cm³/mol. The molecule has 12 heteroatoms. The summed E-state index contributed by atoms with van der Waals surface area (Å²) in [6, 6.07) is 4.13. The largest absolute Gasteiger partial charge is 0.474 e. The number of carbonyl (C=O) groups excluding carboxylic acids is 1. The zero-order valence-electron chi connectivity index (χ0n) is 20.3. The lowest BCUT2D eigenvalue weighted by molar-refractivity contribution is 0.102. The number of anilines is 2. The zero-order chi connectivity index (χ0) is 25.8. The van der Waals surface area contributed by atoms with Gasteiger partial charge in [-0.3, -0.25) is 15.0 Å². The van der Waals surface area contributed by atoms with Crippen molar-refractivity contribution in [2.45, 2.75) is 38.1 Å². The second-order valence-corrected chi connectivity index (χ2v) is 11.9. The van der Waals surface area contributed by atoms with E-state index in [0.717, 1.165) is 41.8 Å². The SMILES string of the molecule is O=C(Nc1nc(-c2cc(Cl)cs2)c(N2CCN(C3CCCCC3)CC2)s1)c1cnc(OCCO)c(Cl)c1. The number of carbonyl (C=O) groups is 1. The van der Waals surface area contributed by atoms with Crippen molar-refractivity contribution >= 4 is 61.9 Å². The Morgan fingerprint density at radius 1 is 1.16 bits per heavy atom. The Bertz CT molecular complexity index is 1220. The van der Waals surface area contributed by atoms with Crippen molar-refractivity contribution in [1.29, 1.82) is 0 Å². The van der Waals surface area contributed by atoms with Crippen LogP contribution in [0.3, 0.4) is 0 Å². The predicted octanol–water partition coefficient (Wildman–Crippen LogP) is 5.65. The number of nitrogens with zero attached hydrogens (tertiary/aromatic N) is 4. The molecule has 3 aromatic heterocycles. The molecule has 5 rings (SSSR count). The summed E-state index contributed by atoms with van der Waals surface area (Å²) >= 11 is 15.5. The summed E-state index contributed by atoms with van der Waals surface area (Å²) in [5.74, 6) is -0.186. The van der Waals surface area contributed by atoms with Crippen molar-refractivity contribution in [1.82, 2.24) is 14.9 Å². The van der Waals surface area contributed by atoms with Crippen LogP contribution in [-0.2, 0) is 0 Å². The van der Waals surface area contributed by atoms with Gasteiger partial charge in [0.2, 0.25) is 5.88 Å². The summed E-state index contributed by atoms with van der Waals surface area (Å²) in [5, 5.41) is 16.2. The van der Waals surface area contributed by atoms with Gasteiger partial charge in [0, 0.05) is 43.8 Å². The van der Waals surface area contributed by atoms with Crippen LogP contribution in [0.2, 0.25) is 10.0 Å². The number of hydrogen-bond donors (Lipinski definition) is 2. The van der Waals surface area contributed by atoms with E-state index in [2.05, 4.69) is 20.1 Å². The van der Waals surface area contributed by atoms with Crippen molar-refractivity contribution in [3.05, 3.63) is 39.3 Å². The summed E-state index contributed by atoms with van der Waals surface area (Å²) in [6.45, 7) is 3.83. The van der Waals surface area contributed by atoms with Gasteiger partial charge in [-0.15, -0.1) is 11.3 Å². The van der Waals surface area contributed by atoms with E-state index in [9.17, 15) is 4.79 Å². The number of ether oxygens (including phenoxy) is 1. The van der Waals surface area contributed by atoms with Gasteiger partial charge in [-0.1, -0.05) is 53.8 Å². The third-order valence-corrected chi connectivity index (χ3v) is 9.31. The number of amides is 1. The Kier molecular flexibility index (Phi) is 8.84. The molecule has 0 radical (unpaired) electrons. The van der Waals surface area contributed by atoms with E-state index in [4.69, 9.17) is 38.0 Å². The molecule has 2 N–H and O–H groups in total. The van der Waals surface area contributed by atoms with Crippen LogP contribution in [0.25, 0.3) is 10.6 Å². The average molecular weight is 583 g/mol. The number of aromatic nitrogens is 2. The third-order valence-electron chi connectivity index (χ3n) is 6.72. The van der Waals surface area contributed by atoms with Crippen molar-refractivity contribution < 1.29 is 14.6 Å². The lowest BCUT2D eigenvalue weighted by Gasteiger charge is -2.41. The van der Waals surface area contributed by atoms with Crippen LogP contribution in [0.4, 0.5) is 10.1 Å². The Morgan fingerprint density at radius 3 is 2.62 bits per heavy atom. The number of piperazine rings is 1. The van der Waals surface area contributed by atoms with Crippen molar-refractivity contribution in [2.75, 3.05) is 49.6 Å². The van der Waals surface area contributed by atoms with E-state index < -0.39 is 0 Å². The molecule has 3 aromatic rings. The second-order valence-electron chi connectivity index (χ2n) is 9.15. The van der Waals surface area contributed by atoms with E-state index in [0.29, 0.717) is 21.8 Å². The minimum absolute atomic E-state index is 0.0740. The van der Waals surface area contributed by atoms with Crippen molar-refractivity contribution in [2.24, 2.45) is 0 Å². The molecular weight excluding hydrogens is 553 g/mol. The molecule has 37 heavy (non-hydrogen) atoms. The van der Waals surface area contributed by atoms with Crippen molar-refractivity contribution in [3.8, 4) is 16.5 Å². The molecule has 2 aliphatic rings. The van der Waals surface area contributed by atoms with Crippen LogP contribution in [0.1, 0.15) is 42.5 Å². The van der Waals surface area contributed by atoms with E-state index in [-0.39, 0.29) is 30.0 Å². The summed E-state index contributed by atoms with van der Waals surface area (Å²) in [4.78, 5) is 27.9. The first kappa shape index (κ1) is 26.6. The Morgan fingerprint density at radius 2 is 1.95 bits per heavy atom. The summed E-state index contributed by atoms with van der Waals surface area (Å²) in [7, 11) is 0. The van der Waals surface area contributed by atoms with Crippen LogP contribution < -0.4 is 15.0 Å². The van der Waals surface area contributed by atoms with Gasteiger partial charge in [-0.2, -0.15) is 0 Å². The molecule has 198 valence electrons. The molecule has 4 heterocycles. The van der Waals surface area contributed by atoms with Gasteiger partial charge in [-0.25, -0.2) is 9.97 Å². The van der Waals surface area contributed by atoms with Crippen LogP contribution in [0.5, 0.6) is 5.88 Å². The Hall–Kier alpha value is -1.95. The molecule has 0 spiro atoms. The number of pyridine rings is 1. The highest BCUT2D eigenvalue weighted by Crippen LogP contribution is 2.42. The highest BCUT2D eigenvalue weighted by molar-refractivity contribution is 7.21. The smallest absolute Gasteiger partial charge is 0.259 e.